The molecule has 106 valence electrons. The molecule has 0 heterocycles. The Kier molecular flexibility index (Phi) is 5.56. The second-order valence-corrected chi connectivity index (χ2v) is 7.58. The van der Waals surface area contributed by atoms with E-state index in [1.165, 1.54) is 17.5 Å². The first-order valence-electron chi connectivity index (χ1n) is 7.46. The summed E-state index contributed by atoms with van der Waals surface area (Å²) in [6, 6.07) is 21.5. The molecular formula is C18H24OSi. The first-order chi connectivity index (χ1) is 9.77. The van der Waals surface area contributed by atoms with Crippen molar-refractivity contribution in [3.05, 3.63) is 71.8 Å². The van der Waals surface area contributed by atoms with E-state index in [0.29, 0.717) is 0 Å². The Morgan fingerprint density at radius 2 is 1.40 bits per heavy atom. The summed E-state index contributed by atoms with van der Waals surface area (Å²) in [7, 11) is -0.688. The standard InChI is InChI=1S/C18H24OSi/c1-3-4-15-19-20-18(2,16-11-7-5-8-12-16)17-13-9-6-10-14-17/h5-14H,3-4,15,20H2,1-2H3. The highest BCUT2D eigenvalue weighted by Crippen LogP contribution is 2.30. The van der Waals surface area contributed by atoms with Crippen LogP contribution in [0.2, 0.25) is 0 Å². The fourth-order valence-corrected chi connectivity index (χ4v) is 4.03. The summed E-state index contributed by atoms with van der Waals surface area (Å²) in [5.74, 6) is 0. The van der Waals surface area contributed by atoms with Gasteiger partial charge in [-0.1, -0.05) is 80.9 Å². The number of hydrogen-bond acceptors (Lipinski definition) is 1. The maximum atomic E-state index is 6.09. The lowest BCUT2D eigenvalue weighted by molar-refractivity contribution is 0.314. The van der Waals surface area contributed by atoms with E-state index >= 15 is 0 Å². The van der Waals surface area contributed by atoms with Gasteiger partial charge in [-0.2, -0.15) is 0 Å². The van der Waals surface area contributed by atoms with Crippen LogP contribution in [-0.2, 0) is 9.46 Å². The van der Waals surface area contributed by atoms with Crippen LogP contribution in [0.3, 0.4) is 0 Å². The Bertz CT molecular complexity index is 456. The quantitative estimate of drug-likeness (QED) is 0.554. The van der Waals surface area contributed by atoms with Gasteiger partial charge in [0.2, 0.25) is 0 Å². The fraction of sp³-hybridized carbons (Fsp3) is 0.333. The van der Waals surface area contributed by atoms with Crippen molar-refractivity contribution in [2.75, 3.05) is 6.61 Å². The highest BCUT2D eigenvalue weighted by Gasteiger charge is 2.29. The lowest BCUT2D eigenvalue weighted by Crippen LogP contribution is -2.33. The predicted molar refractivity (Wildman–Crippen MR) is 88.7 cm³/mol. The normalized spacial score (nSPS) is 12.1. The van der Waals surface area contributed by atoms with Crippen molar-refractivity contribution in [1.82, 2.24) is 0 Å². The van der Waals surface area contributed by atoms with Gasteiger partial charge in [-0.3, -0.25) is 0 Å². The van der Waals surface area contributed by atoms with Gasteiger partial charge in [0.1, 0.15) is 0 Å². The van der Waals surface area contributed by atoms with E-state index in [2.05, 4.69) is 74.5 Å². The van der Waals surface area contributed by atoms with Crippen LogP contribution in [-0.4, -0.2) is 16.4 Å². The largest absolute Gasteiger partial charge is 0.423 e. The van der Waals surface area contributed by atoms with Gasteiger partial charge in [0, 0.05) is 11.6 Å². The van der Waals surface area contributed by atoms with Crippen molar-refractivity contribution in [3.8, 4) is 0 Å². The molecule has 0 aliphatic carbocycles. The summed E-state index contributed by atoms with van der Waals surface area (Å²) in [6.07, 6.45) is 2.36. The third-order valence-electron chi connectivity index (χ3n) is 3.85. The van der Waals surface area contributed by atoms with Crippen molar-refractivity contribution in [1.29, 1.82) is 0 Å². The summed E-state index contributed by atoms with van der Waals surface area (Å²) in [4.78, 5) is 0. The first-order valence-corrected chi connectivity index (χ1v) is 8.74. The summed E-state index contributed by atoms with van der Waals surface area (Å²) in [5, 5.41) is 0.0518. The van der Waals surface area contributed by atoms with Gasteiger partial charge in [-0.05, 0) is 17.5 Å². The molecule has 1 nitrogen and oxygen atoms in total. The van der Waals surface area contributed by atoms with Gasteiger partial charge < -0.3 is 4.43 Å². The van der Waals surface area contributed by atoms with E-state index in [4.69, 9.17) is 4.43 Å². The highest BCUT2D eigenvalue weighted by molar-refractivity contribution is 6.34. The Labute approximate surface area is 124 Å². The molecule has 0 aliphatic rings. The molecule has 0 amide bonds. The Morgan fingerprint density at radius 3 is 1.85 bits per heavy atom. The van der Waals surface area contributed by atoms with Crippen LogP contribution in [0.5, 0.6) is 0 Å². The molecule has 0 aromatic heterocycles. The van der Waals surface area contributed by atoms with Crippen molar-refractivity contribution < 1.29 is 4.43 Å². The molecule has 0 radical (unpaired) electrons. The van der Waals surface area contributed by atoms with Gasteiger partial charge in [-0.15, -0.1) is 0 Å². The van der Waals surface area contributed by atoms with Crippen LogP contribution in [0.4, 0.5) is 0 Å². The third kappa shape index (κ3) is 3.59. The maximum absolute atomic E-state index is 6.09. The van der Waals surface area contributed by atoms with Gasteiger partial charge in [0.15, 0.2) is 9.76 Å². The molecule has 0 atom stereocenters. The molecule has 2 aromatic rings. The number of rotatable bonds is 7. The molecule has 0 saturated carbocycles. The van der Waals surface area contributed by atoms with Crippen molar-refractivity contribution in [2.24, 2.45) is 0 Å². The molecule has 0 aliphatic heterocycles. The Balaban J connectivity index is 2.24. The number of benzene rings is 2. The minimum atomic E-state index is -0.688. The lowest BCUT2D eigenvalue weighted by atomic mass is 9.92. The molecule has 0 spiro atoms. The van der Waals surface area contributed by atoms with E-state index in [0.717, 1.165) is 13.0 Å². The lowest BCUT2D eigenvalue weighted by Gasteiger charge is -2.30. The van der Waals surface area contributed by atoms with Crippen LogP contribution in [0.25, 0.3) is 0 Å². The smallest absolute Gasteiger partial charge is 0.176 e. The first kappa shape index (κ1) is 15.0. The van der Waals surface area contributed by atoms with E-state index in [1.54, 1.807) is 0 Å². The van der Waals surface area contributed by atoms with Crippen molar-refractivity contribution in [3.63, 3.8) is 0 Å². The van der Waals surface area contributed by atoms with Gasteiger partial charge >= 0.3 is 0 Å². The molecule has 0 saturated heterocycles. The Morgan fingerprint density at radius 1 is 0.900 bits per heavy atom. The molecular weight excluding hydrogens is 260 g/mol. The zero-order chi connectivity index (χ0) is 14.3. The van der Waals surface area contributed by atoms with Gasteiger partial charge in [-0.25, -0.2) is 0 Å². The molecule has 0 N–H and O–H groups in total. The minimum Gasteiger partial charge on any atom is -0.423 e. The van der Waals surface area contributed by atoms with E-state index < -0.39 is 9.76 Å². The molecule has 2 heteroatoms. The van der Waals surface area contributed by atoms with Crippen LogP contribution < -0.4 is 0 Å². The van der Waals surface area contributed by atoms with Crippen LogP contribution in [0, 0.1) is 0 Å². The molecule has 20 heavy (non-hydrogen) atoms. The van der Waals surface area contributed by atoms with Crippen molar-refractivity contribution >= 4 is 9.76 Å². The van der Waals surface area contributed by atoms with Crippen LogP contribution in [0.1, 0.15) is 37.8 Å². The zero-order valence-electron chi connectivity index (χ0n) is 12.5. The monoisotopic (exact) mass is 284 g/mol. The second kappa shape index (κ2) is 7.41. The molecule has 0 unspecified atom stereocenters. The van der Waals surface area contributed by atoms with Crippen LogP contribution >= 0.6 is 0 Å². The summed E-state index contributed by atoms with van der Waals surface area (Å²) in [6.45, 7) is 5.44. The Hall–Kier alpha value is -1.38. The highest BCUT2D eigenvalue weighted by atomic mass is 28.2. The van der Waals surface area contributed by atoms with Gasteiger partial charge in [0.05, 0.1) is 0 Å². The van der Waals surface area contributed by atoms with E-state index in [-0.39, 0.29) is 5.04 Å². The molecule has 2 rings (SSSR count). The second-order valence-electron chi connectivity index (χ2n) is 5.47. The minimum absolute atomic E-state index is 0.0518. The fourth-order valence-electron chi connectivity index (χ4n) is 2.47. The van der Waals surface area contributed by atoms with Crippen molar-refractivity contribution in [2.45, 2.75) is 31.7 Å². The average molecular weight is 284 g/mol. The summed E-state index contributed by atoms with van der Waals surface area (Å²) < 4.78 is 6.09. The zero-order valence-corrected chi connectivity index (χ0v) is 13.9. The summed E-state index contributed by atoms with van der Waals surface area (Å²) >= 11 is 0. The van der Waals surface area contributed by atoms with Gasteiger partial charge in [0.25, 0.3) is 0 Å². The molecule has 2 aromatic carbocycles. The topological polar surface area (TPSA) is 9.23 Å². The van der Waals surface area contributed by atoms with Crippen LogP contribution in [0.15, 0.2) is 60.7 Å². The van der Waals surface area contributed by atoms with E-state index in [9.17, 15) is 0 Å². The number of unbranched alkanes of at least 4 members (excludes halogenated alkanes) is 1. The summed E-state index contributed by atoms with van der Waals surface area (Å²) in [5.41, 5.74) is 2.74. The molecule has 0 bridgehead atoms. The average Bonchev–Trinajstić information content (AvgIpc) is 2.53. The predicted octanol–water partition coefficient (Wildman–Crippen LogP) is 3.85. The molecule has 0 fully saturated rings. The SMILES string of the molecule is CCCCO[SiH2]C(C)(c1ccccc1)c1ccccc1. The third-order valence-corrected chi connectivity index (χ3v) is 5.74. The maximum Gasteiger partial charge on any atom is 0.176 e. The van der Waals surface area contributed by atoms with E-state index in [1.807, 2.05) is 0 Å². The number of hydrogen-bond donors (Lipinski definition) is 0.